The molecule has 0 radical (unpaired) electrons. The summed E-state index contributed by atoms with van der Waals surface area (Å²) in [6.45, 7) is 3.90. The lowest BCUT2D eigenvalue weighted by atomic mass is 9.47. The topological polar surface area (TPSA) is 106 Å². The molecule has 1 aromatic heterocycles. The second-order valence-corrected chi connectivity index (χ2v) is 18.7. The Balaban J connectivity index is 1.03. The molecule has 4 aliphatic heterocycles. The number of hydrogen-bond donors (Lipinski definition) is 4. The van der Waals surface area contributed by atoms with Gasteiger partial charge in [-0.2, -0.15) is 0 Å². The lowest BCUT2D eigenvalue weighted by molar-refractivity contribution is -0.176. The SMILES string of the molecule is Oc1ccc2c3c1O[C@H]1c4sc5c(c4C[C@@]4(O)[C@@H](C2)N(CC2CC2)CC[C@]314)C[C@@]1(O)[C@H]2Cc3ccc(O)c4c3[C@@]1(CCN2CC1CC1)[C@H]5O4. The summed E-state index contributed by atoms with van der Waals surface area (Å²) in [7, 11) is 0. The van der Waals surface area contributed by atoms with Crippen LogP contribution in [0.15, 0.2) is 24.3 Å². The lowest BCUT2D eigenvalue weighted by Gasteiger charge is -2.63. The lowest BCUT2D eigenvalue weighted by Crippen LogP contribution is -2.75. The molecule has 2 saturated carbocycles. The van der Waals surface area contributed by atoms with Gasteiger partial charge in [0.1, 0.15) is 12.2 Å². The van der Waals surface area contributed by atoms with Crippen LogP contribution in [0.3, 0.4) is 0 Å². The van der Waals surface area contributed by atoms with Crippen molar-refractivity contribution < 1.29 is 29.9 Å². The summed E-state index contributed by atoms with van der Waals surface area (Å²) in [5, 5.41) is 49.5. The third-order valence-corrected chi connectivity index (χ3v) is 16.9. The maximum Gasteiger partial charge on any atom is 0.166 e. The molecule has 2 spiro atoms. The second-order valence-electron chi connectivity index (χ2n) is 17.6. The first-order valence-corrected chi connectivity index (χ1v) is 19.7. The number of hydrogen-bond acceptors (Lipinski definition) is 9. The minimum absolute atomic E-state index is 0.0350. The van der Waals surface area contributed by atoms with E-state index in [0.29, 0.717) is 24.3 Å². The number of phenols is 2. The molecule has 6 aliphatic carbocycles. The molecular weight excluding hydrogens is 637 g/mol. The van der Waals surface area contributed by atoms with Crippen LogP contribution >= 0.6 is 11.3 Å². The van der Waals surface area contributed by atoms with Gasteiger partial charge in [-0.25, -0.2) is 0 Å². The molecule has 10 aliphatic rings. The van der Waals surface area contributed by atoms with Gasteiger partial charge in [0.2, 0.25) is 0 Å². The molecule has 2 saturated heterocycles. The third kappa shape index (κ3) is 2.94. The van der Waals surface area contributed by atoms with Gasteiger partial charge in [0, 0.05) is 49.1 Å². The van der Waals surface area contributed by atoms with Gasteiger partial charge in [-0.15, -0.1) is 11.3 Å². The Morgan fingerprint density at radius 2 is 1.12 bits per heavy atom. The number of rotatable bonds is 4. The molecule has 2 aromatic carbocycles. The van der Waals surface area contributed by atoms with Crippen LogP contribution in [-0.4, -0.2) is 79.7 Å². The van der Waals surface area contributed by atoms with Crippen molar-refractivity contribution in [1.29, 1.82) is 0 Å². The van der Waals surface area contributed by atoms with Crippen LogP contribution in [0.25, 0.3) is 0 Å². The van der Waals surface area contributed by atoms with Crippen molar-refractivity contribution in [2.75, 3.05) is 26.2 Å². The normalized spacial score (nSPS) is 41.3. The van der Waals surface area contributed by atoms with E-state index in [0.717, 1.165) is 95.7 Å². The number of likely N-dealkylation sites (tertiary alicyclic amines) is 2. The molecule has 3 aromatic rings. The number of aromatic hydroxyl groups is 2. The molecule has 5 heterocycles. The fraction of sp³-hybridized carbons (Fsp3) is 0.600. The first-order chi connectivity index (χ1) is 23.7. The van der Waals surface area contributed by atoms with Crippen molar-refractivity contribution in [3.63, 3.8) is 0 Å². The minimum Gasteiger partial charge on any atom is -0.504 e. The van der Waals surface area contributed by atoms with E-state index in [9.17, 15) is 20.4 Å². The molecule has 0 amide bonds. The number of benzene rings is 2. The van der Waals surface area contributed by atoms with Gasteiger partial charge < -0.3 is 29.9 Å². The zero-order valence-corrected chi connectivity index (χ0v) is 28.4. The van der Waals surface area contributed by atoms with Crippen molar-refractivity contribution in [1.82, 2.24) is 9.80 Å². The Morgan fingerprint density at radius 3 is 1.55 bits per heavy atom. The number of fused-ring (bicyclic) bond motifs is 5. The Bertz CT molecular complexity index is 1910. The second kappa shape index (κ2) is 8.45. The van der Waals surface area contributed by atoms with Crippen LogP contribution in [0.5, 0.6) is 23.0 Å². The fourth-order valence-corrected chi connectivity index (χ4v) is 14.8. The Labute approximate surface area is 289 Å². The highest BCUT2D eigenvalue weighted by Crippen LogP contribution is 2.74. The summed E-state index contributed by atoms with van der Waals surface area (Å²) >= 11 is 1.76. The van der Waals surface area contributed by atoms with Crippen molar-refractivity contribution >= 4 is 11.3 Å². The molecule has 4 fully saturated rings. The van der Waals surface area contributed by atoms with E-state index in [1.54, 1.807) is 23.5 Å². The van der Waals surface area contributed by atoms with Crippen molar-refractivity contribution in [2.45, 2.75) is 111 Å². The summed E-state index contributed by atoms with van der Waals surface area (Å²) in [5.41, 5.74) is 3.36. The average molecular weight is 679 g/mol. The average Bonchev–Trinajstić information content (AvgIpc) is 3.98. The van der Waals surface area contributed by atoms with E-state index in [-0.39, 0.29) is 23.6 Å². The van der Waals surface area contributed by atoms with E-state index in [1.165, 1.54) is 36.8 Å². The highest BCUT2D eigenvalue weighted by molar-refractivity contribution is 7.12. The number of thiophene rings is 1. The first-order valence-electron chi connectivity index (χ1n) is 18.9. The summed E-state index contributed by atoms with van der Waals surface area (Å²) in [4.78, 5) is 7.45. The van der Waals surface area contributed by atoms with Crippen molar-refractivity contribution in [3.8, 4) is 23.0 Å². The maximum atomic E-state index is 13.5. The van der Waals surface area contributed by atoms with Crippen LogP contribution in [-0.2, 0) is 36.5 Å². The van der Waals surface area contributed by atoms with Crippen molar-refractivity contribution in [3.05, 3.63) is 67.4 Å². The standard InChI is InChI=1S/C40H42N2O6S/c43-25-7-5-21-13-27-39(45)15-23-24-16-40(46)28-14-22-6-8-26(44)32-30(22)38(40,10-12-42(28)18-20-3-4-20)36(48-32)34(24)49-33(23)35-37(39,29(21)31(25)47-35)9-11-41(27)17-19-1-2-19/h5-8,19-20,27-28,35-36,43-46H,1-4,9-18H2/t27-,28-,35+,36+,37+,38+,39-,40-/m1/s1. The molecule has 49 heavy (non-hydrogen) atoms. The van der Waals surface area contributed by atoms with Crippen LogP contribution in [0.2, 0.25) is 0 Å². The smallest absolute Gasteiger partial charge is 0.166 e. The highest BCUT2D eigenvalue weighted by atomic mass is 32.1. The van der Waals surface area contributed by atoms with Gasteiger partial charge >= 0.3 is 0 Å². The zero-order chi connectivity index (χ0) is 32.4. The molecule has 8 atom stereocenters. The predicted molar refractivity (Wildman–Crippen MR) is 181 cm³/mol. The quantitative estimate of drug-likeness (QED) is 0.319. The van der Waals surface area contributed by atoms with Crippen LogP contribution in [0.4, 0.5) is 0 Å². The van der Waals surface area contributed by atoms with E-state index in [2.05, 4.69) is 21.9 Å². The Morgan fingerprint density at radius 1 is 0.673 bits per heavy atom. The number of aliphatic hydroxyl groups is 2. The van der Waals surface area contributed by atoms with Gasteiger partial charge in [0.25, 0.3) is 0 Å². The summed E-state index contributed by atoms with van der Waals surface area (Å²) in [6, 6.07) is 7.65. The Hall–Kier alpha value is -2.82. The van der Waals surface area contributed by atoms with E-state index >= 15 is 0 Å². The van der Waals surface area contributed by atoms with E-state index < -0.39 is 34.2 Å². The number of ether oxygens (including phenoxy) is 2. The predicted octanol–water partition coefficient (Wildman–Crippen LogP) is 4.56. The van der Waals surface area contributed by atoms with Gasteiger partial charge in [-0.05, 0) is 111 Å². The number of nitrogens with zero attached hydrogens (tertiary/aromatic N) is 2. The molecule has 4 N–H and O–H groups in total. The van der Waals surface area contributed by atoms with Crippen LogP contribution in [0.1, 0.15) is 93.9 Å². The van der Waals surface area contributed by atoms with Gasteiger partial charge in [0.15, 0.2) is 23.0 Å². The van der Waals surface area contributed by atoms with E-state index in [4.69, 9.17) is 9.47 Å². The molecule has 9 heteroatoms. The molecule has 0 unspecified atom stereocenters. The van der Waals surface area contributed by atoms with Gasteiger partial charge in [0.05, 0.1) is 31.8 Å². The Kier molecular flexibility index (Phi) is 4.80. The molecule has 254 valence electrons. The molecular formula is C40H42N2O6S. The largest absolute Gasteiger partial charge is 0.504 e. The molecule has 4 bridgehead atoms. The van der Waals surface area contributed by atoms with Crippen molar-refractivity contribution in [2.24, 2.45) is 11.8 Å². The number of piperidine rings is 2. The fourth-order valence-electron chi connectivity index (χ4n) is 13.2. The molecule has 8 nitrogen and oxygen atoms in total. The highest BCUT2D eigenvalue weighted by Gasteiger charge is 2.76. The zero-order valence-electron chi connectivity index (χ0n) is 27.6. The molecule has 13 rings (SSSR count). The maximum absolute atomic E-state index is 13.5. The first kappa shape index (κ1) is 27.8. The summed E-state index contributed by atoms with van der Waals surface area (Å²) in [6.07, 6.45) is 8.40. The van der Waals surface area contributed by atoms with E-state index in [1.807, 2.05) is 0 Å². The van der Waals surface area contributed by atoms with Crippen LogP contribution in [0, 0.1) is 11.8 Å². The summed E-state index contributed by atoms with van der Waals surface area (Å²) in [5.74, 6) is 2.88. The third-order valence-electron chi connectivity index (χ3n) is 15.6. The van der Waals surface area contributed by atoms with Gasteiger partial charge in [-0.3, -0.25) is 9.80 Å². The van der Waals surface area contributed by atoms with Crippen LogP contribution < -0.4 is 9.47 Å². The van der Waals surface area contributed by atoms with Gasteiger partial charge in [-0.1, -0.05) is 12.1 Å². The minimum atomic E-state index is -1.07. The number of phenolic OH excluding ortho intramolecular Hbond substituents is 2. The summed E-state index contributed by atoms with van der Waals surface area (Å²) < 4.78 is 13.9. The monoisotopic (exact) mass is 678 g/mol.